The molecule has 0 N–H and O–H groups in total. The molecule has 2 fully saturated rings. The van der Waals surface area contributed by atoms with Gasteiger partial charge in [0.05, 0.1) is 0 Å². The maximum atomic E-state index is 12.8. The lowest BCUT2D eigenvalue weighted by molar-refractivity contribution is -0.134. The molecular weight excluding hydrogens is 352 g/mol. The molecule has 1 aliphatic heterocycles. The number of rotatable bonds is 3. The van der Waals surface area contributed by atoms with E-state index in [1.54, 1.807) is 11.0 Å². The van der Waals surface area contributed by atoms with Crippen molar-refractivity contribution in [3.8, 4) is 0 Å². The smallest absolute Gasteiger partial charge is 0.289 e. The molecule has 1 saturated carbocycles. The number of piperazine rings is 1. The Morgan fingerprint density at radius 2 is 1.54 bits per heavy atom. The maximum absolute atomic E-state index is 12.8. The molecule has 0 bridgehead atoms. The van der Waals surface area contributed by atoms with Gasteiger partial charge in [-0.15, -0.1) is 0 Å². The molecule has 28 heavy (non-hydrogen) atoms. The number of nitrogens with zero attached hydrogens (tertiary/aromatic N) is 2. The van der Waals surface area contributed by atoms with Crippen molar-refractivity contribution >= 4 is 22.8 Å². The van der Waals surface area contributed by atoms with Gasteiger partial charge in [-0.3, -0.25) is 9.59 Å². The Bertz CT molecular complexity index is 986. The summed E-state index contributed by atoms with van der Waals surface area (Å²) in [5, 5.41) is 0.931. The lowest BCUT2D eigenvalue weighted by Crippen LogP contribution is -2.51. The minimum Gasteiger partial charge on any atom is -0.451 e. The Hall–Kier alpha value is -3.08. The van der Waals surface area contributed by atoms with Crippen LogP contribution in [0.1, 0.15) is 28.5 Å². The average molecular weight is 374 g/mol. The molecule has 5 nitrogen and oxygen atoms in total. The Kier molecular flexibility index (Phi) is 4.15. The highest BCUT2D eigenvalue weighted by Gasteiger charge is 2.46. The summed E-state index contributed by atoms with van der Waals surface area (Å²) < 4.78 is 5.70. The van der Waals surface area contributed by atoms with E-state index < -0.39 is 0 Å². The molecule has 0 unspecified atom stereocenters. The number of carbonyl (C=O) groups excluding carboxylic acids is 2. The lowest BCUT2D eigenvalue weighted by atomic mass is 10.1. The number of furan rings is 1. The molecule has 1 aliphatic carbocycles. The molecule has 0 spiro atoms. The Labute approximate surface area is 163 Å². The summed E-state index contributed by atoms with van der Waals surface area (Å²) in [4.78, 5) is 29.3. The number of carbonyl (C=O) groups is 2. The van der Waals surface area contributed by atoms with Crippen molar-refractivity contribution in [1.82, 2.24) is 9.80 Å². The van der Waals surface area contributed by atoms with Crippen molar-refractivity contribution in [3.05, 3.63) is 72.0 Å². The van der Waals surface area contributed by atoms with Crippen molar-refractivity contribution in [2.24, 2.45) is 5.92 Å². The predicted molar refractivity (Wildman–Crippen MR) is 106 cm³/mol. The van der Waals surface area contributed by atoms with E-state index in [0.29, 0.717) is 37.9 Å². The minimum atomic E-state index is -0.100. The van der Waals surface area contributed by atoms with Gasteiger partial charge in [0.25, 0.3) is 5.91 Å². The first-order chi connectivity index (χ1) is 13.7. The van der Waals surface area contributed by atoms with E-state index in [2.05, 4.69) is 12.1 Å². The molecule has 2 heterocycles. The molecule has 2 atom stereocenters. The van der Waals surface area contributed by atoms with Crippen LogP contribution in [-0.4, -0.2) is 47.8 Å². The third kappa shape index (κ3) is 3.07. The number of fused-ring (bicyclic) bond motifs is 1. The van der Waals surface area contributed by atoms with E-state index in [1.807, 2.05) is 47.4 Å². The van der Waals surface area contributed by atoms with Crippen LogP contribution in [0.25, 0.3) is 11.0 Å². The van der Waals surface area contributed by atoms with Crippen LogP contribution < -0.4 is 0 Å². The van der Waals surface area contributed by atoms with Crippen LogP contribution >= 0.6 is 0 Å². The third-order valence-electron chi connectivity index (χ3n) is 5.85. The summed E-state index contributed by atoms with van der Waals surface area (Å²) in [6, 6.07) is 19.7. The van der Waals surface area contributed by atoms with Gasteiger partial charge in [-0.1, -0.05) is 48.5 Å². The van der Waals surface area contributed by atoms with Gasteiger partial charge >= 0.3 is 0 Å². The first kappa shape index (κ1) is 17.0. The number of hydrogen-bond donors (Lipinski definition) is 0. The average Bonchev–Trinajstić information content (AvgIpc) is 3.44. The highest BCUT2D eigenvalue weighted by molar-refractivity contribution is 5.96. The quantitative estimate of drug-likeness (QED) is 0.705. The molecule has 2 amide bonds. The van der Waals surface area contributed by atoms with Crippen molar-refractivity contribution in [3.63, 3.8) is 0 Å². The molecule has 5 heteroatoms. The van der Waals surface area contributed by atoms with Crippen LogP contribution in [0.3, 0.4) is 0 Å². The molecule has 5 rings (SSSR count). The van der Waals surface area contributed by atoms with Gasteiger partial charge in [-0.05, 0) is 30.0 Å². The van der Waals surface area contributed by atoms with Gasteiger partial charge in [0.1, 0.15) is 5.58 Å². The van der Waals surface area contributed by atoms with Crippen LogP contribution in [-0.2, 0) is 4.79 Å². The molecular formula is C23H22N2O3. The molecule has 0 radical (unpaired) electrons. The van der Waals surface area contributed by atoms with Gasteiger partial charge in [0, 0.05) is 37.5 Å². The minimum absolute atomic E-state index is 0.0972. The van der Waals surface area contributed by atoms with E-state index in [0.717, 1.165) is 17.4 Å². The lowest BCUT2D eigenvalue weighted by Gasteiger charge is -2.34. The van der Waals surface area contributed by atoms with Crippen molar-refractivity contribution in [1.29, 1.82) is 0 Å². The van der Waals surface area contributed by atoms with Crippen LogP contribution in [0.2, 0.25) is 0 Å². The van der Waals surface area contributed by atoms with E-state index in [9.17, 15) is 9.59 Å². The fraction of sp³-hybridized carbons (Fsp3) is 0.304. The molecule has 3 aromatic rings. The number of para-hydroxylation sites is 1. The number of amides is 2. The van der Waals surface area contributed by atoms with E-state index in [-0.39, 0.29) is 17.7 Å². The van der Waals surface area contributed by atoms with Crippen molar-refractivity contribution in [2.75, 3.05) is 26.2 Å². The summed E-state index contributed by atoms with van der Waals surface area (Å²) >= 11 is 0. The third-order valence-corrected chi connectivity index (χ3v) is 5.85. The maximum Gasteiger partial charge on any atom is 0.289 e. The Morgan fingerprint density at radius 3 is 2.29 bits per heavy atom. The van der Waals surface area contributed by atoms with E-state index in [4.69, 9.17) is 4.42 Å². The molecule has 142 valence electrons. The van der Waals surface area contributed by atoms with Crippen LogP contribution in [0, 0.1) is 5.92 Å². The summed E-state index contributed by atoms with van der Waals surface area (Å²) in [5.74, 6) is 0.942. The van der Waals surface area contributed by atoms with Gasteiger partial charge in [0.2, 0.25) is 5.91 Å². The predicted octanol–water partition coefficient (Wildman–Crippen LogP) is 3.52. The summed E-state index contributed by atoms with van der Waals surface area (Å²) in [6.07, 6.45) is 0.932. The van der Waals surface area contributed by atoms with Crippen LogP contribution in [0.4, 0.5) is 0 Å². The summed E-state index contributed by atoms with van der Waals surface area (Å²) in [7, 11) is 0. The Morgan fingerprint density at radius 1 is 0.857 bits per heavy atom. The largest absolute Gasteiger partial charge is 0.451 e. The molecule has 1 saturated heterocycles. The van der Waals surface area contributed by atoms with Gasteiger partial charge < -0.3 is 14.2 Å². The zero-order chi connectivity index (χ0) is 19.1. The molecule has 1 aromatic heterocycles. The highest BCUT2D eigenvalue weighted by atomic mass is 16.3. The fourth-order valence-electron chi connectivity index (χ4n) is 4.14. The first-order valence-corrected chi connectivity index (χ1v) is 9.82. The van der Waals surface area contributed by atoms with Crippen LogP contribution in [0.15, 0.2) is 65.1 Å². The summed E-state index contributed by atoms with van der Waals surface area (Å²) in [6.45, 7) is 2.26. The highest BCUT2D eigenvalue weighted by Crippen LogP contribution is 2.48. The second-order valence-electron chi connectivity index (χ2n) is 7.63. The van der Waals surface area contributed by atoms with Crippen molar-refractivity contribution in [2.45, 2.75) is 12.3 Å². The molecule has 2 aliphatic rings. The van der Waals surface area contributed by atoms with E-state index >= 15 is 0 Å². The van der Waals surface area contributed by atoms with Gasteiger partial charge in [0.15, 0.2) is 5.76 Å². The fourth-order valence-corrected chi connectivity index (χ4v) is 4.14. The second kappa shape index (κ2) is 6.82. The Balaban J connectivity index is 1.19. The number of hydrogen-bond acceptors (Lipinski definition) is 3. The number of benzene rings is 2. The van der Waals surface area contributed by atoms with Gasteiger partial charge in [-0.2, -0.15) is 0 Å². The van der Waals surface area contributed by atoms with Crippen LogP contribution in [0.5, 0.6) is 0 Å². The van der Waals surface area contributed by atoms with E-state index in [1.165, 1.54) is 5.56 Å². The van der Waals surface area contributed by atoms with Gasteiger partial charge in [-0.25, -0.2) is 0 Å². The monoisotopic (exact) mass is 374 g/mol. The standard InChI is InChI=1S/C23H22N2O3/c26-22(19-15-18(19)16-6-2-1-3-7-16)24-10-12-25(13-11-24)23(27)21-14-17-8-4-5-9-20(17)28-21/h1-9,14,18-19H,10-13,15H2/t18-,19+/m1/s1. The zero-order valence-corrected chi connectivity index (χ0v) is 15.6. The zero-order valence-electron chi connectivity index (χ0n) is 15.6. The van der Waals surface area contributed by atoms with Crippen molar-refractivity contribution < 1.29 is 14.0 Å². The SMILES string of the molecule is O=C(c1cc2ccccc2o1)N1CCN(C(=O)[C@H]2C[C@@H]2c2ccccc2)CC1. The second-order valence-corrected chi connectivity index (χ2v) is 7.63. The first-order valence-electron chi connectivity index (χ1n) is 9.82. The summed E-state index contributed by atoms with van der Waals surface area (Å²) in [5.41, 5.74) is 1.97. The molecule has 2 aromatic carbocycles. The topological polar surface area (TPSA) is 53.8 Å². The normalized spacial score (nSPS) is 21.7.